The molecule has 0 spiro atoms. The summed E-state index contributed by atoms with van der Waals surface area (Å²) in [6, 6.07) is 0. The molecule has 1 unspecified atom stereocenters. The van der Waals surface area contributed by atoms with Crippen molar-refractivity contribution in [1.29, 1.82) is 0 Å². The van der Waals surface area contributed by atoms with Gasteiger partial charge in [-0.2, -0.15) is 0 Å². The van der Waals surface area contributed by atoms with Gasteiger partial charge >= 0.3 is 0 Å². The Hall–Kier alpha value is -0.0100. The molecule has 0 aliphatic carbocycles. The maximum atomic E-state index is 5.66. The van der Waals surface area contributed by atoms with Crippen molar-refractivity contribution in [2.24, 2.45) is 0 Å². The molecule has 0 rings (SSSR count). The van der Waals surface area contributed by atoms with Crippen molar-refractivity contribution in [3.63, 3.8) is 0 Å². The zero-order chi connectivity index (χ0) is 8.20. The van der Waals surface area contributed by atoms with E-state index in [1.807, 2.05) is 20.8 Å². The van der Waals surface area contributed by atoms with Crippen LogP contribution in [0.1, 0.15) is 20.8 Å². The Morgan fingerprint density at radius 2 is 2.20 bits per heavy atom. The number of hydrogen-bond donors (Lipinski definition) is 0. The zero-order valence-corrected chi connectivity index (χ0v) is 7.61. The molecule has 60 valence electrons. The van der Waals surface area contributed by atoms with E-state index in [0.717, 1.165) is 0 Å². The van der Waals surface area contributed by atoms with Crippen LogP contribution in [0, 0.1) is 0 Å². The van der Waals surface area contributed by atoms with Gasteiger partial charge in [-0.15, -0.1) is 18.2 Å². The van der Waals surface area contributed by atoms with Gasteiger partial charge in [-0.25, -0.2) is 0 Å². The van der Waals surface area contributed by atoms with E-state index in [1.54, 1.807) is 6.08 Å². The molecule has 1 atom stereocenters. The molecule has 0 N–H and O–H groups in total. The largest absolute Gasteiger partial charge is 0.367 e. The van der Waals surface area contributed by atoms with Crippen LogP contribution in [0.4, 0.5) is 0 Å². The van der Waals surface area contributed by atoms with Crippen molar-refractivity contribution in [3.05, 3.63) is 12.7 Å². The van der Waals surface area contributed by atoms with Gasteiger partial charge in [0.15, 0.2) is 0 Å². The lowest BCUT2D eigenvalue weighted by molar-refractivity contribution is -0.0201. The highest BCUT2D eigenvalue weighted by Crippen LogP contribution is 2.15. The van der Waals surface area contributed by atoms with Gasteiger partial charge in [0.1, 0.15) is 0 Å². The van der Waals surface area contributed by atoms with E-state index in [0.29, 0.717) is 5.88 Å². The molecule has 0 aliphatic rings. The van der Waals surface area contributed by atoms with E-state index < -0.39 is 0 Å². The lowest BCUT2D eigenvalue weighted by Crippen LogP contribution is -2.30. The molecule has 0 bridgehead atoms. The highest BCUT2D eigenvalue weighted by Gasteiger charge is 2.20. The quantitative estimate of drug-likeness (QED) is 0.456. The molecular weight excluding hydrogens is 148 g/mol. The number of alkyl halides is 1. The number of rotatable bonds is 4. The first-order valence-corrected chi connectivity index (χ1v) is 3.95. The van der Waals surface area contributed by atoms with Crippen molar-refractivity contribution in [3.8, 4) is 0 Å². The van der Waals surface area contributed by atoms with Crippen LogP contribution < -0.4 is 0 Å². The summed E-state index contributed by atoms with van der Waals surface area (Å²) in [6.45, 7) is 9.53. The molecule has 0 heterocycles. The average Bonchev–Trinajstić information content (AvgIpc) is 1.87. The van der Waals surface area contributed by atoms with Crippen LogP contribution in [0.15, 0.2) is 12.7 Å². The van der Waals surface area contributed by atoms with Gasteiger partial charge in [-0.05, 0) is 20.8 Å². The van der Waals surface area contributed by atoms with Crippen molar-refractivity contribution < 1.29 is 4.74 Å². The van der Waals surface area contributed by atoms with Gasteiger partial charge in [-0.1, -0.05) is 6.08 Å². The van der Waals surface area contributed by atoms with E-state index in [4.69, 9.17) is 16.3 Å². The first-order valence-electron chi connectivity index (χ1n) is 3.41. The number of hydrogen-bond acceptors (Lipinski definition) is 1. The van der Waals surface area contributed by atoms with E-state index in [2.05, 4.69) is 6.58 Å². The predicted molar refractivity (Wildman–Crippen MR) is 45.5 cm³/mol. The molecule has 0 saturated heterocycles. The summed E-state index contributed by atoms with van der Waals surface area (Å²) in [4.78, 5) is 0. The predicted octanol–water partition coefficient (Wildman–Crippen LogP) is 2.59. The second-order valence-corrected chi connectivity index (χ2v) is 3.08. The highest BCUT2D eigenvalue weighted by atomic mass is 35.5. The molecule has 10 heavy (non-hydrogen) atoms. The van der Waals surface area contributed by atoms with E-state index in [9.17, 15) is 0 Å². The molecular formula is C8H15ClO. The van der Waals surface area contributed by atoms with E-state index >= 15 is 0 Å². The maximum absolute atomic E-state index is 5.66. The highest BCUT2D eigenvalue weighted by molar-refractivity contribution is 6.18. The molecule has 0 aliphatic heterocycles. The standard InChI is InChI=1S/C8H15ClO/c1-5-8(4,6-9)10-7(2)3/h5,7H,1,6H2,2-4H3. The normalized spacial score (nSPS) is 16.9. The van der Waals surface area contributed by atoms with Crippen LogP contribution in [-0.2, 0) is 4.74 Å². The minimum Gasteiger partial charge on any atom is -0.367 e. The fourth-order valence-corrected chi connectivity index (χ4v) is 0.845. The first-order chi connectivity index (χ1) is 4.54. The summed E-state index contributed by atoms with van der Waals surface area (Å²) in [5.74, 6) is 0.453. The maximum Gasteiger partial charge on any atom is 0.0970 e. The van der Waals surface area contributed by atoms with Crippen LogP contribution in [-0.4, -0.2) is 17.6 Å². The summed E-state index contributed by atoms with van der Waals surface area (Å²) in [5, 5.41) is 0. The van der Waals surface area contributed by atoms with Crippen LogP contribution >= 0.6 is 11.6 Å². The minimum atomic E-state index is -0.365. The Morgan fingerprint density at radius 3 is 2.30 bits per heavy atom. The SMILES string of the molecule is C=CC(C)(CCl)OC(C)C. The zero-order valence-electron chi connectivity index (χ0n) is 6.86. The molecule has 1 nitrogen and oxygen atoms in total. The van der Waals surface area contributed by atoms with Gasteiger partial charge in [0.2, 0.25) is 0 Å². The summed E-state index contributed by atoms with van der Waals surface area (Å²) < 4.78 is 5.49. The Bertz CT molecular complexity index is 112. The molecule has 0 aromatic rings. The molecule has 0 saturated carbocycles. The fraction of sp³-hybridized carbons (Fsp3) is 0.750. The topological polar surface area (TPSA) is 9.23 Å². The first kappa shape index (κ1) is 9.99. The van der Waals surface area contributed by atoms with Crippen molar-refractivity contribution in [2.45, 2.75) is 32.5 Å². The molecule has 0 amide bonds. The van der Waals surface area contributed by atoms with Gasteiger partial charge in [0.05, 0.1) is 17.6 Å². The number of ether oxygens (including phenoxy) is 1. The monoisotopic (exact) mass is 162 g/mol. The van der Waals surface area contributed by atoms with E-state index in [-0.39, 0.29) is 11.7 Å². The molecule has 0 fully saturated rings. The van der Waals surface area contributed by atoms with Crippen LogP contribution in [0.5, 0.6) is 0 Å². The van der Waals surface area contributed by atoms with Crippen LogP contribution in [0.3, 0.4) is 0 Å². The summed E-state index contributed by atoms with van der Waals surface area (Å²) in [5.41, 5.74) is -0.365. The molecule has 2 heteroatoms. The van der Waals surface area contributed by atoms with Gasteiger partial charge in [0, 0.05) is 0 Å². The summed E-state index contributed by atoms with van der Waals surface area (Å²) >= 11 is 5.66. The Labute approximate surface area is 68.0 Å². The average molecular weight is 163 g/mol. The Balaban J connectivity index is 3.92. The van der Waals surface area contributed by atoms with Crippen molar-refractivity contribution in [1.82, 2.24) is 0 Å². The van der Waals surface area contributed by atoms with Crippen molar-refractivity contribution in [2.75, 3.05) is 5.88 Å². The second kappa shape index (κ2) is 3.99. The Kier molecular flexibility index (Phi) is 3.99. The third-order valence-electron chi connectivity index (χ3n) is 1.20. The minimum absolute atomic E-state index is 0.196. The molecule has 0 aromatic heterocycles. The number of halogens is 1. The summed E-state index contributed by atoms with van der Waals surface area (Å²) in [7, 11) is 0. The summed E-state index contributed by atoms with van der Waals surface area (Å²) in [6.07, 6.45) is 1.93. The molecule has 0 aromatic carbocycles. The lowest BCUT2D eigenvalue weighted by atomic mass is 10.1. The van der Waals surface area contributed by atoms with Gasteiger partial charge in [0.25, 0.3) is 0 Å². The van der Waals surface area contributed by atoms with Crippen LogP contribution in [0.25, 0.3) is 0 Å². The smallest absolute Gasteiger partial charge is 0.0970 e. The fourth-order valence-electron chi connectivity index (χ4n) is 0.673. The van der Waals surface area contributed by atoms with Gasteiger partial charge < -0.3 is 4.74 Å². The van der Waals surface area contributed by atoms with Crippen LogP contribution in [0.2, 0.25) is 0 Å². The third-order valence-corrected chi connectivity index (χ3v) is 1.73. The Morgan fingerprint density at radius 1 is 1.70 bits per heavy atom. The second-order valence-electron chi connectivity index (χ2n) is 2.82. The van der Waals surface area contributed by atoms with Gasteiger partial charge in [-0.3, -0.25) is 0 Å². The lowest BCUT2D eigenvalue weighted by Gasteiger charge is -2.25. The van der Waals surface area contributed by atoms with E-state index in [1.165, 1.54) is 0 Å². The van der Waals surface area contributed by atoms with Crippen molar-refractivity contribution >= 4 is 11.6 Å². The molecule has 0 radical (unpaired) electrons. The third kappa shape index (κ3) is 3.23.